The Morgan fingerprint density at radius 3 is 2.55 bits per heavy atom. The Morgan fingerprint density at radius 2 is 1.85 bits per heavy atom. The van der Waals surface area contributed by atoms with Crippen LogP contribution in [-0.2, 0) is 4.79 Å². The summed E-state index contributed by atoms with van der Waals surface area (Å²) in [5.41, 5.74) is 6.42. The van der Waals surface area contributed by atoms with E-state index in [0.717, 1.165) is 25.7 Å². The first-order chi connectivity index (χ1) is 9.63. The van der Waals surface area contributed by atoms with E-state index in [-0.39, 0.29) is 24.7 Å². The summed E-state index contributed by atoms with van der Waals surface area (Å²) in [6.07, 6.45) is 3.45. The van der Waals surface area contributed by atoms with Crippen LogP contribution in [0.25, 0.3) is 0 Å². The second-order valence-corrected chi connectivity index (χ2v) is 5.69. The average molecular weight is 297 g/mol. The van der Waals surface area contributed by atoms with Crippen LogP contribution in [0.15, 0.2) is 12.1 Å². The van der Waals surface area contributed by atoms with Crippen molar-refractivity contribution in [3.05, 3.63) is 17.2 Å². The van der Waals surface area contributed by atoms with Gasteiger partial charge in [0.1, 0.15) is 0 Å². The van der Waals surface area contributed by atoms with E-state index in [9.17, 15) is 4.79 Å². The predicted octanol–water partition coefficient (Wildman–Crippen LogP) is 2.52. The van der Waals surface area contributed by atoms with E-state index < -0.39 is 0 Å². The number of carbonyl (C=O) groups is 1. The van der Waals surface area contributed by atoms with Crippen molar-refractivity contribution < 1.29 is 14.3 Å². The Hall–Kier alpha value is -1.46. The van der Waals surface area contributed by atoms with Gasteiger partial charge in [0.15, 0.2) is 11.5 Å². The third kappa shape index (κ3) is 2.69. The standard InChI is InChI=1S/C14H17ClN2O3/c15-10-5-12-13(20-7-19-12)6-11(10)17-14(18)8-1-3-9(16)4-2-8/h5-6,8-9H,1-4,7,16H2,(H,17,18). The van der Waals surface area contributed by atoms with Crippen LogP contribution in [0, 0.1) is 5.92 Å². The minimum absolute atomic E-state index is 0.00216. The molecular formula is C14H17ClN2O3. The van der Waals surface area contributed by atoms with Crippen LogP contribution in [0.4, 0.5) is 5.69 Å². The summed E-state index contributed by atoms with van der Waals surface area (Å²) in [5, 5.41) is 3.33. The van der Waals surface area contributed by atoms with Crippen LogP contribution in [0.2, 0.25) is 5.02 Å². The quantitative estimate of drug-likeness (QED) is 0.879. The van der Waals surface area contributed by atoms with Crippen LogP contribution in [0.5, 0.6) is 11.5 Å². The number of rotatable bonds is 2. The molecule has 3 N–H and O–H groups in total. The number of amides is 1. The highest BCUT2D eigenvalue weighted by molar-refractivity contribution is 6.34. The molecule has 108 valence electrons. The second-order valence-electron chi connectivity index (χ2n) is 5.29. The summed E-state index contributed by atoms with van der Waals surface area (Å²) in [5.74, 6) is 1.22. The van der Waals surface area contributed by atoms with E-state index in [1.165, 1.54) is 0 Å². The minimum atomic E-state index is -0.00216. The van der Waals surface area contributed by atoms with Gasteiger partial charge in [0.05, 0.1) is 10.7 Å². The molecule has 2 aliphatic rings. The van der Waals surface area contributed by atoms with E-state index >= 15 is 0 Å². The molecule has 0 unspecified atom stereocenters. The van der Waals surface area contributed by atoms with Crippen molar-refractivity contribution >= 4 is 23.2 Å². The summed E-state index contributed by atoms with van der Waals surface area (Å²) >= 11 is 6.14. The second kappa shape index (κ2) is 5.50. The Bertz CT molecular complexity index is 527. The lowest BCUT2D eigenvalue weighted by molar-refractivity contribution is -0.120. The summed E-state index contributed by atoms with van der Waals surface area (Å²) in [6, 6.07) is 3.60. The van der Waals surface area contributed by atoms with Crippen molar-refractivity contribution in [1.29, 1.82) is 0 Å². The molecule has 1 heterocycles. The van der Waals surface area contributed by atoms with Gasteiger partial charge in [0, 0.05) is 24.1 Å². The van der Waals surface area contributed by atoms with Gasteiger partial charge in [0.25, 0.3) is 0 Å². The molecular weight excluding hydrogens is 280 g/mol. The van der Waals surface area contributed by atoms with Gasteiger partial charge in [-0.05, 0) is 25.7 Å². The average Bonchev–Trinajstić information content (AvgIpc) is 2.87. The molecule has 0 atom stereocenters. The predicted molar refractivity (Wildman–Crippen MR) is 76.1 cm³/mol. The van der Waals surface area contributed by atoms with E-state index in [4.69, 9.17) is 26.8 Å². The third-order valence-electron chi connectivity index (χ3n) is 3.86. The molecule has 1 aliphatic heterocycles. The number of nitrogens with two attached hydrogens (primary N) is 1. The SMILES string of the molecule is NC1CCC(C(=O)Nc2cc3c(cc2Cl)OCO3)CC1. The number of halogens is 1. The van der Waals surface area contributed by atoms with E-state index in [0.29, 0.717) is 22.2 Å². The van der Waals surface area contributed by atoms with Gasteiger partial charge < -0.3 is 20.5 Å². The van der Waals surface area contributed by atoms with Crippen LogP contribution < -0.4 is 20.5 Å². The number of anilines is 1. The zero-order valence-electron chi connectivity index (χ0n) is 11.0. The van der Waals surface area contributed by atoms with Gasteiger partial charge in [-0.25, -0.2) is 0 Å². The van der Waals surface area contributed by atoms with E-state index in [1.54, 1.807) is 12.1 Å². The van der Waals surface area contributed by atoms with Gasteiger partial charge in [0.2, 0.25) is 12.7 Å². The maximum absolute atomic E-state index is 12.2. The Kier molecular flexibility index (Phi) is 3.72. The van der Waals surface area contributed by atoms with Crippen molar-refractivity contribution in [2.75, 3.05) is 12.1 Å². The Morgan fingerprint density at radius 1 is 1.20 bits per heavy atom. The summed E-state index contributed by atoms with van der Waals surface area (Å²) in [7, 11) is 0. The van der Waals surface area contributed by atoms with Crippen LogP contribution >= 0.6 is 11.6 Å². The lowest BCUT2D eigenvalue weighted by Crippen LogP contribution is -2.32. The largest absolute Gasteiger partial charge is 0.454 e. The molecule has 3 rings (SSSR count). The van der Waals surface area contributed by atoms with Crippen molar-refractivity contribution in [1.82, 2.24) is 0 Å². The van der Waals surface area contributed by atoms with Gasteiger partial charge in [-0.2, -0.15) is 0 Å². The zero-order valence-corrected chi connectivity index (χ0v) is 11.8. The number of benzene rings is 1. The monoisotopic (exact) mass is 296 g/mol. The number of ether oxygens (including phenoxy) is 2. The minimum Gasteiger partial charge on any atom is -0.454 e. The van der Waals surface area contributed by atoms with E-state index in [1.807, 2.05) is 0 Å². The maximum Gasteiger partial charge on any atom is 0.231 e. The van der Waals surface area contributed by atoms with Crippen molar-refractivity contribution in [2.45, 2.75) is 31.7 Å². The molecule has 0 aromatic heterocycles. The Balaban J connectivity index is 1.70. The number of nitrogens with one attached hydrogen (secondary N) is 1. The van der Waals surface area contributed by atoms with Gasteiger partial charge >= 0.3 is 0 Å². The number of hydrogen-bond donors (Lipinski definition) is 2. The lowest BCUT2D eigenvalue weighted by atomic mass is 9.86. The molecule has 0 radical (unpaired) electrons. The first-order valence-electron chi connectivity index (χ1n) is 6.79. The normalized spacial score (nSPS) is 24.5. The molecule has 0 saturated heterocycles. The molecule has 5 nitrogen and oxygen atoms in total. The molecule has 0 bridgehead atoms. The fourth-order valence-corrected chi connectivity index (χ4v) is 2.83. The summed E-state index contributed by atoms with van der Waals surface area (Å²) < 4.78 is 10.5. The fourth-order valence-electron chi connectivity index (χ4n) is 2.63. The number of fused-ring (bicyclic) bond motifs is 1. The molecule has 1 fully saturated rings. The van der Waals surface area contributed by atoms with Crippen LogP contribution in [-0.4, -0.2) is 18.7 Å². The number of hydrogen-bond acceptors (Lipinski definition) is 4. The molecule has 1 amide bonds. The van der Waals surface area contributed by atoms with E-state index in [2.05, 4.69) is 5.32 Å². The molecule has 1 aromatic carbocycles. The van der Waals surface area contributed by atoms with Crippen molar-refractivity contribution in [3.8, 4) is 11.5 Å². The molecule has 1 aliphatic carbocycles. The molecule has 1 aromatic rings. The number of carbonyl (C=O) groups excluding carboxylic acids is 1. The highest BCUT2D eigenvalue weighted by Crippen LogP contribution is 2.39. The molecule has 0 spiro atoms. The first kappa shape index (κ1) is 13.5. The van der Waals surface area contributed by atoms with Crippen LogP contribution in [0.3, 0.4) is 0 Å². The fraction of sp³-hybridized carbons (Fsp3) is 0.500. The lowest BCUT2D eigenvalue weighted by Gasteiger charge is -2.25. The first-order valence-corrected chi connectivity index (χ1v) is 7.17. The highest BCUT2D eigenvalue weighted by atomic mass is 35.5. The molecule has 20 heavy (non-hydrogen) atoms. The zero-order chi connectivity index (χ0) is 14.1. The van der Waals surface area contributed by atoms with Crippen molar-refractivity contribution in [2.24, 2.45) is 11.7 Å². The third-order valence-corrected chi connectivity index (χ3v) is 4.18. The smallest absolute Gasteiger partial charge is 0.231 e. The van der Waals surface area contributed by atoms with Gasteiger partial charge in [-0.15, -0.1) is 0 Å². The highest BCUT2D eigenvalue weighted by Gasteiger charge is 2.25. The topological polar surface area (TPSA) is 73.6 Å². The van der Waals surface area contributed by atoms with Gasteiger partial charge in [-0.1, -0.05) is 11.6 Å². The molecule has 1 saturated carbocycles. The summed E-state index contributed by atoms with van der Waals surface area (Å²) in [4.78, 5) is 12.2. The van der Waals surface area contributed by atoms with Gasteiger partial charge in [-0.3, -0.25) is 4.79 Å². The maximum atomic E-state index is 12.2. The Labute approximate surface area is 122 Å². The van der Waals surface area contributed by atoms with Crippen LogP contribution in [0.1, 0.15) is 25.7 Å². The van der Waals surface area contributed by atoms with Crippen molar-refractivity contribution in [3.63, 3.8) is 0 Å². The molecule has 6 heteroatoms. The summed E-state index contributed by atoms with van der Waals surface area (Å²) in [6.45, 7) is 0.184.